The minimum atomic E-state index is -0.556. The topological polar surface area (TPSA) is 124 Å². The van der Waals surface area contributed by atoms with Crippen molar-refractivity contribution in [3.8, 4) is 11.3 Å². The Bertz CT molecular complexity index is 817. The second kappa shape index (κ2) is 11.7. The molecule has 0 aliphatic rings. The van der Waals surface area contributed by atoms with E-state index in [2.05, 4.69) is 32.7 Å². The molecular weight excluding hydrogens is 386 g/mol. The van der Waals surface area contributed by atoms with E-state index in [9.17, 15) is 14.8 Å². The number of amides is 2. The highest BCUT2D eigenvalue weighted by Gasteiger charge is 2.21. The molecule has 0 saturated carbocycles. The molecule has 1 atom stereocenters. The maximum atomic E-state index is 12.6. The van der Waals surface area contributed by atoms with Crippen molar-refractivity contribution in [2.45, 2.75) is 32.6 Å². The van der Waals surface area contributed by atoms with Gasteiger partial charge in [0.1, 0.15) is 0 Å². The van der Waals surface area contributed by atoms with Crippen LogP contribution >= 0.6 is 0 Å². The number of carbonyl (C=O) groups is 2. The van der Waals surface area contributed by atoms with Crippen molar-refractivity contribution in [1.82, 2.24) is 25.4 Å². The first kappa shape index (κ1) is 23.0. The average Bonchev–Trinajstić information content (AvgIpc) is 2.77. The highest BCUT2D eigenvalue weighted by Crippen LogP contribution is 2.27. The van der Waals surface area contributed by atoms with Crippen LogP contribution in [0.25, 0.3) is 11.3 Å². The van der Waals surface area contributed by atoms with Gasteiger partial charge in [0.25, 0.3) is 0 Å². The maximum absolute atomic E-state index is 12.6. The lowest BCUT2D eigenvalue weighted by Gasteiger charge is -2.20. The minimum absolute atomic E-state index is 0.0799. The van der Waals surface area contributed by atoms with Gasteiger partial charge in [-0.1, -0.05) is 26.2 Å². The van der Waals surface area contributed by atoms with Crippen molar-refractivity contribution in [1.29, 1.82) is 0 Å². The number of hydroxylamine groups is 2. The summed E-state index contributed by atoms with van der Waals surface area (Å²) >= 11 is 0. The lowest BCUT2D eigenvalue weighted by Crippen LogP contribution is -2.40. The molecule has 2 rings (SSSR count). The zero-order chi connectivity index (χ0) is 21.9. The Morgan fingerprint density at radius 2 is 2.00 bits per heavy atom. The summed E-state index contributed by atoms with van der Waals surface area (Å²) < 4.78 is 0. The molecule has 2 aromatic rings. The smallest absolute Gasteiger partial charge is 0.243 e. The van der Waals surface area contributed by atoms with Crippen molar-refractivity contribution >= 4 is 24.0 Å². The first-order chi connectivity index (χ1) is 14.5. The summed E-state index contributed by atoms with van der Waals surface area (Å²) in [4.78, 5) is 38.0. The second-order valence-corrected chi connectivity index (χ2v) is 7.09. The third kappa shape index (κ3) is 6.66. The number of nitrogens with one attached hydrogen (secondary N) is 2. The number of pyridine rings is 1. The normalized spacial score (nSPS) is 11.5. The van der Waals surface area contributed by atoms with Crippen molar-refractivity contribution < 1.29 is 14.8 Å². The van der Waals surface area contributed by atoms with Gasteiger partial charge in [0.2, 0.25) is 18.3 Å². The second-order valence-electron chi connectivity index (χ2n) is 7.09. The van der Waals surface area contributed by atoms with Crippen molar-refractivity contribution in [3.63, 3.8) is 0 Å². The molecule has 10 heteroatoms. The van der Waals surface area contributed by atoms with Crippen molar-refractivity contribution in [3.05, 3.63) is 30.7 Å². The Labute approximate surface area is 176 Å². The fourth-order valence-corrected chi connectivity index (χ4v) is 2.92. The Kier molecular flexibility index (Phi) is 8.95. The van der Waals surface area contributed by atoms with Crippen LogP contribution in [-0.4, -0.2) is 58.2 Å². The number of hydrazine groups is 1. The van der Waals surface area contributed by atoms with E-state index in [4.69, 9.17) is 0 Å². The van der Waals surface area contributed by atoms with E-state index in [0.29, 0.717) is 17.2 Å². The number of aromatic nitrogens is 3. The molecule has 2 amide bonds. The molecule has 0 aliphatic heterocycles. The SMILES string of the molecule is CCCCC[C@H](CN(O)C=O)C(=O)NNc1ncc(N(C)C)c(-c2ccncc2)n1. The van der Waals surface area contributed by atoms with Crippen LogP contribution in [-0.2, 0) is 9.59 Å². The van der Waals surface area contributed by atoms with Gasteiger partial charge in [0.05, 0.1) is 30.0 Å². The fourth-order valence-electron chi connectivity index (χ4n) is 2.92. The maximum Gasteiger partial charge on any atom is 0.243 e. The lowest BCUT2D eigenvalue weighted by atomic mass is 10.0. The van der Waals surface area contributed by atoms with Gasteiger partial charge in [0, 0.05) is 32.1 Å². The Balaban J connectivity index is 2.12. The predicted molar refractivity (Wildman–Crippen MR) is 114 cm³/mol. The molecule has 0 aliphatic carbocycles. The van der Waals surface area contributed by atoms with Gasteiger partial charge < -0.3 is 4.90 Å². The number of carbonyl (C=O) groups excluding carboxylic acids is 2. The zero-order valence-electron chi connectivity index (χ0n) is 17.6. The molecule has 0 radical (unpaired) electrons. The number of unbranched alkanes of at least 4 members (excludes halogenated alkanes) is 2. The molecule has 0 saturated heterocycles. The number of hydrogen-bond acceptors (Lipinski definition) is 8. The molecular formula is C20H29N7O3. The van der Waals surface area contributed by atoms with Gasteiger partial charge in [-0.05, 0) is 18.6 Å². The summed E-state index contributed by atoms with van der Waals surface area (Å²) in [6.07, 6.45) is 8.66. The largest absolute Gasteiger partial charge is 0.375 e. The summed E-state index contributed by atoms with van der Waals surface area (Å²) in [5, 5.41) is 9.98. The number of rotatable bonds is 12. The van der Waals surface area contributed by atoms with Crippen LogP contribution in [0.2, 0.25) is 0 Å². The third-order valence-electron chi connectivity index (χ3n) is 4.56. The van der Waals surface area contributed by atoms with Gasteiger partial charge in [-0.25, -0.2) is 15.0 Å². The highest BCUT2D eigenvalue weighted by atomic mass is 16.5. The third-order valence-corrected chi connectivity index (χ3v) is 4.56. The number of nitrogens with zero attached hydrogens (tertiary/aromatic N) is 5. The van der Waals surface area contributed by atoms with Crippen LogP contribution in [0.15, 0.2) is 30.7 Å². The number of hydrogen-bond donors (Lipinski definition) is 3. The van der Waals surface area contributed by atoms with Crippen molar-refractivity contribution in [2.24, 2.45) is 5.92 Å². The van der Waals surface area contributed by atoms with E-state index >= 15 is 0 Å². The summed E-state index contributed by atoms with van der Waals surface area (Å²) in [5.41, 5.74) is 7.70. The van der Waals surface area contributed by atoms with Crippen LogP contribution < -0.4 is 15.8 Å². The molecule has 2 aromatic heterocycles. The summed E-state index contributed by atoms with van der Waals surface area (Å²) in [7, 11) is 3.79. The molecule has 10 nitrogen and oxygen atoms in total. The monoisotopic (exact) mass is 415 g/mol. The quantitative estimate of drug-likeness (QED) is 0.208. The van der Waals surface area contributed by atoms with Gasteiger partial charge in [-0.2, -0.15) is 0 Å². The molecule has 0 unspecified atom stereocenters. The molecule has 162 valence electrons. The molecule has 30 heavy (non-hydrogen) atoms. The van der Waals surface area contributed by atoms with Gasteiger partial charge in [-0.3, -0.25) is 30.6 Å². The zero-order valence-corrected chi connectivity index (χ0v) is 17.6. The van der Waals surface area contributed by atoms with Crippen LogP contribution in [0.4, 0.5) is 11.6 Å². The lowest BCUT2D eigenvalue weighted by molar-refractivity contribution is -0.154. The summed E-state index contributed by atoms with van der Waals surface area (Å²) in [6.45, 7) is 1.99. The summed E-state index contributed by atoms with van der Waals surface area (Å²) in [5.74, 6) is -0.679. The highest BCUT2D eigenvalue weighted by molar-refractivity contribution is 5.80. The van der Waals surface area contributed by atoms with Crippen LogP contribution in [0.1, 0.15) is 32.6 Å². The number of anilines is 2. The first-order valence-electron chi connectivity index (χ1n) is 9.87. The van der Waals surface area contributed by atoms with E-state index < -0.39 is 5.92 Å². The predicted octanol–water partition coefficient (Wildman–Crippen LogP) is 2.09. The molecule has 0 spiro atoms. The average molecular weight is 415 g/mol. The Morgan fingerprint density at radius 3 is 2.63 bits per heavy atom. The fraction of sp³-hybridized carbons (Fsp3) is 0.450. The molecule has 0 aromatic carbocycles. The van der Waals surface area contributed by atoms with Crippen LogP contribution in [0.3, 0.4) is 0 Å². The minimum Gasteiger partial charge on any atom is -0.375 e. The molecule has 0 bridgehead atoms. The van der Waals surface area contributed by atoms with E-state index in [1.807, 2.05) is 31.1 Å². The van der Waals surface area contributed by atoms with Gasteiger partial charge >= 0.3 is 0 Å². The molecule has 0 fully saturated rings. The Hall–Kier alpha value is -3.27. The van der Waals surface area contributed by atoms with Gasteiger partial charge in [0.15, 0.2) is 0 Å². The summed E-state index contributed by atoms with van der Waals surface area (Å²) in [6, 6.07) is 3.69. The van der Waals surface area contributed by atoms with E-state index in [1.165, 1.54) is 0 Å². The molecule has 2 heterocycles. The van der Waals surface area contributed by atoms with Crippen LogP contribution in [0.5, 0.6) is 0 Å². The standard InChI is InChI=1S/C20H29N7O3/c1-4-5-6-7-16(13-27(30)14-28)19(29)24-25-20-22-12-17(26(2)3)18(23-20)15-8-10-21-11-9-15/h8-12,14,16,30H,4-7,13H2,1-3H3,(H,24,29)(H,22,23,25)/t16-/m1/s1. The van der Waals surface area contributed by atoms with Crippen LogP contribution in [0, 0.1) is 5.92 Å². The van der Waals surface area contributed by atoms with E-state index in [0.717, 1.165) is 30.5 Å². The van der Waals surface area contributed by atoms with Crippen molar-refractivity contribution in [2.75, 3.05) is 31.0 Å². The van der Waals surface area contributed by atoms with Gasteiger partial charge in [-0.15, -0.1) is 0 Å². The molecule has 3 N–H and O–H groups in total. The van der Waals surface area contributed by atoms with E-state index in [1.54, 1.807) is 18.6 Å². The van der Waals surface area contributed by atoms with E-state index in [-0.39, 0.29) is 24.8 Å². The first-order valence-corrected chi connectivity index (χ1v) is 9.87. The Morgan fingerprint density at radius 1 is 1.27 bits per heavy atom.